The van der Waals surface area contributed by atoms with Gasteiger partial charge in [0.15, 0.2) is 0 Å². The van der Waals surface area contributed by atoms with E-state index in [-0.39, 0.29) is 18.4 Å². The Balaban J connectivity index is 1.60. The number of nitrogens with one attached hydrogen (secondary N) is 1. The number of benzene rings is 3. The van der Waals surface area contributed by atoms with Gasteiger partial charge >= 0.3 is 6.18 Å². The average Bonchev–Trinajstić information content (AvgIpc) is 2.65. The summed E-state index contributed by atoms with van der Waals surface area (Å²) in [5.74, 6) is -0.129. The lowest BCUT2D eigenvalue weighted by atomic mass is 9.99. The zero-order valence-corrected chi connectivity index (χ0v) is 14.9. The Morgan fingerprint density at radius 2 is 1.63 bits per heavy atom. The maximum Gasteiger partial charge on any atom is 0.416 e. The molecule has 3 rings (SSSR count). The van der Waals surface area contributed by atoms with E-state index in [1.807, 2.05) is 49.4 Å². The van der Waals surface area contributed by atoms with Crippen LogP contribution in [0.4, 0.5) is 13.2 Å². The van der Waals surface area contributed by atoms with E-state index < -0.39 is 11.7 Å². The zero-order valence-electron chi connectivity index (χ0n) is 14.9. The second-order valence-electron chi connectivity index (χ2n) is 6.55. The Hall–Kier alpha value is -2.82. The number of rotatable bonds is 5. The van der Waals surface area contributed by atoms with Crippen molar-refractivity contribution in [1.82, 2.24) is 5.32 Å². The van der Waals surface area contributed by atoms with Crippen molar-refractivity contribution in [3.63, 3.8) is 0 Å². The van der Waals surface area contributed by atoms with Gasteiger partial charge in [0.2, 0.25) is 5.91 Å². The van der Waals surface area contributed by atoms with Gasteiger partial charge in [0.25, 0.3) is 0 Å². The van der Waals surface area contributed by atoms with E-state index in [1.54, 1.807) is 0 Å². The summed E-state index contributed by atoms with van der Waals surface area (Å²) in [6.07, 6.45) is -3.73. The summed E-state index contributed by atoms with van der Waals surface area (Å²) in [7, 11) is 0. The molecule has 0 radical (unpaired) electrons. The highest BCUT2D eigenvalue weighted by Crippen LogP contribution is 2.29. The maximum atomic E-state index is 12.6. The fraction of sp³-hybridized carbons (Fsp3) is 0.227. The van der Waals surface area contributed by atoms with Gasteiger partial charge in [-0.25, -0.2) is 0 Å². The number of halogens is 3. The van der Waals surface area contributed by atoms with E-state index in [9.17, 15) is 18.0 Å². The number of hydrogen-bond donors (Lipinski definition) is 1. The van der Waals surface area contributed by atoms with E-state index in [4.69, 9.17) is 0 Å². The molecule has 5 heteroatoms. The first kappa shape index (κ1) is 19.0. The minimum absolute atomic E-state index is 0.129. The monoisotopic (exact) mass is 371 g/mol. The van der Waals surface area contributed by atoms with Crippen molar-refractivity contribution in [3.05, 3.63) is 83.4 Å². The minimum Gasteiger partial charge on any atom is -0.350 e. The van der Waals surface area contributed by atoms with E-state index >= 15 is 0 Å². The molecule has 140 valence electrons. The predicted octanol–water partition coefficient (Wildman–Crippen LogP) is 5.67. The second kappa shape index (κ2) is 7.82. The number of carbonyl (C=O) groups excluding carboxylic acids is 1. The molecule has 0 fully saturated rings. The van der Waals surface area contributed by atoms with Crippen molar-refractivity contribution in [2.45, 2.75) is 32.0 Å². The van der Waals surface area contributed by atoms with Crippen molar-refractivity contribution >= 4 is 16.7 Å². The van der Waals surface area contributed by atoms with E-state index in [0.29, 0.717) is 12.0 Å². The van der Waals surface area contributed by atoms with Crippen molar-refractivity contribution < 1.29 is 18.0 Å². The smallest absolute Gasteiger partial charge is 0.350 e. The Kier molecular flexibility index (Phi) is 5.49. The highest BCUT2D eigenvalue weighted by Gasteiger charge is 2.29. The molecular weight excluding hydrogens is 351 g/mol. The highest BCUT2D eigenvalue weighted by atomic mass is 19.4. The Morgan fingerprint density at radius 3 is 2.33 bits per heavy atom. The Bertz CT molecular complexity index is 927. The first-order valence-electron chi connectivity index (χ1n) is 8.78. The van der Waals surface area contributed by atoms with Gasteiger partial charge in [0.1, 0.15) is 0 Å². The summed E-state index contributed by atoms with van der Waals surface area (Å²) >= 11 is 0. The lowest BCUT2D eigenvalue weighted by molar-refractivity contribution is -0.137. The molecule has 0 unspecified atom stereocenters. The molecule has 0 saturated heterocycles. The summed E-state index contributed by atoms with van der Waals surface area (Å²) < 4.78 is 37.8. The quantitative estimate of drug-likeness (QED) is 0.615. The molecule has 0 spiro atoms. The van der Waals surface area contributed by atoms with Gasteiger partial charge in [0, 0.05) is 6.42 Å². The van der Waals surface area contributed by atoms with Crippen molar-refractivity contribution in [2.24, 2.45) is 0 Å². The normalized spacial score (nSPS) is 12.7. The Labute approximate surface area is 156 Å². The molecule has 1 amide bonds. The minimum atomic E-state index is -4.34. The van der Waals surface area contributed by atoms with E-state index in [0.717, 1.165) is 28.5 Å². The third-order valence-corrected chi connectivity index (χ3v) is 4.59. The molecule has 0 aliphatic rings. The van der Waals surface area contributed by atoms with Crippen molar-refractivity contribution in [1.29, 1.82) is 0 Å². The molecule has 3 aromatic carbocycles. The van der Waals surface area contributed by atoms with E-state index in [2.05, 4.69) is 5.32 Å². The van der Waals surface area contributed by atoms with Gasteiger partial charge in [-0.05, 0) is 47.4 Å². The summed E-state index contributed by atoms with van der Waals surface area (Å²) in [6.45, 7) is 1.93. The summed E-state index contributed by atoms with van der Waals surface area (Å²) in [5.41, 5.74) is 1.06. The molecule has 2 nitrogen and oxygen atoms in total. The van der Waals surface area contributed by atoms with Gasteiger partial charge < -0.3 is 5.32 Å². The zero-order chi connectivity index (χ0) is 19.4. The summed E-state index contributed by atoms with van der Waals surface area (Å²) in [4.78, 5) is 12.3. The van der Waals surface area contributed by atoms with Crippen LogP contribution in [-0.2, 0) is 17.4 Å². The molecule has 0 heterocycles. The second-order valence-corrected chi connectivity index (χ2v) is 6.55. The van der Waals surface area contributed by atoms with Crippen LogP contribution in [0.15, 0.2) is 66.7 Å². The van der Waals surface area contributed by atoms with Crippen molar-refractivity contribution in [3.8, 4) is 0 Å². The molecule has 1 N–H and O–H groups in total. The molecular formula is C22H20F3NO. The van der Waals surface area contributed by atoms with Crippen LogP contribution >= 0.6 is 0 Å². The van der Waals surface area contributed by atoms with Crippen LogP contribution in [0.25, 0.3) is 10.8 Å². The fourth-order valence-electron chi connectivity index (χ4n) is 3.14. The van der Waals surface area contributed by atoms with E-state index in [1.165, 1.54) is 12.1 Å². The summed E-state index contributed by atoms with van der Waals surface area (Å²) in [6, 6.07) is 18.7. The molecule has 3 aromatic rings. The van der Waals surface area contributed by atoms with Crippen LogP contribution in [-0.4, -0.2) is 5.91 Å². The van der Waals surface area contributed by atoms with Crippen LogP contribution in [0, 0.1) is 0 Å². The molecule has 0 bridgehead atoms. The topological polar surface area (TPSA) is 29.1 Å². The third-order valence-electron chi connectivity index (χ3n) is 4.59. The lowest BCUT2D eigenvalue weighted by Gasteiger charge is -2.17. The molecule has 1 atom stereocenters. The van der Waals surface area contributed by atoms with Gasteiger partial charge in [-0.2, -0.15) is 13.2 Å². The first-order valence-corrected chi connectivity index (χ1v) is 8.78. The van der Waals surface area contributed by atoms with Crippen LogP contribution in [0.1, 0.15) is 36.1 Å². The number of amides is 1. The lowest BCUT2D eigenvalue weighted by Crippen LogP contribution is -2.27. The molecule has 0 saturated carbocycles. The predicted molar refractivity (Wildman–Crippen MR) is 100 cm³/mol. The van der Waals surface area contributed by atoms with Gasteiger partial charge in [-0.3, -0.25) is 4.79 Å². The Morgan fingerprint density at radius 1 is 0.963 bits per heavy atom. The van der Waals surface area contributed by atoms with Crippen LogP contribution in [0.3, 0.4) is 0 Å². The fourth-order valence-corrected chi connectivity index (χ4v) is 3.14. The average molecular weight is 371 g/mol. The maximum absolute atomic E-state index is 12.6. The molecule has 27 heavy (non-hydrogen) atoms. The third kappa shape index (κ3) is 4.67. The van der Waals surface area contributed by atoms with Crippen molar-refractivity contribution in [2.75, 3.05) is 0 Å². The molecule has 0 aromatic heterocycles. The van der Waals surface area contributed by atoms with Gasteiger partial charge in [0.05, 0.1) is 11.6 Å². The molecule has 0 aliphatic carbocycles. The number of fused-ring (bicyclic) bond motifs is 1. The van der Waals surface area contributed by atoms with Gasteiger partial charge in [-0.15, -0.1) is 0 Å². The van der Waals surface area contributed by atoms with Crippen LogP contribution < -0.4 is 5.32 Å². The summed E-state index contributed by atoms with van der Waals surface area (Å²) in [5, 5.41) is 5.18. The standard InChI is InChI=1S/C22H20F3NO/c1-15(19-8-4-6-17-5-2-3-7-20(17)19)26-21(27)14-11-16-9-12-18(13-10-16)22(23,24)25/h2-10,12-13,15H,11,14H2,1H3,(H,26,27)/t15-/m1/s1. The number of carbonyl (C=O) groups is 1. The van der Waals surface area contributed by atoms with Crippen LogP contribution in [0.2, 0.25) is 0 Å². The number of alkyl halides is 3. The van der Waals surface area contributed by atoms with Gasteiger partial charge in [-0.1, -0.05) is 54.6 Å². The largest absolute Gasteiger partial charge is 0.416 e. The first-order chi connectivity index (χ1) is 12.8. The number of hydrogen-bond acceptors (Lipinski definition) is 1. The highest BCUT2D eigenvalue weighted by molar-refractivity contribution is 5.86. The SMILES string of the molecule is C[C@@H](NC(=O)CCc1ccc(C(F)(F)F)cc1)c1cccc2ccccc12. The number of aryl methyl sites for hydroxylation is 1. The van der Waals surface area contributed by atoms with Crippen LogP contribution in [0.5, 0.6) is 0 Å². The molecule has 0 aliphatic heterocycles.